The molecule has 0 fully saturated rings. The smallest absolute Gasteiger partial charge is 0.322 e. The number of nitrogens with one attached hydrogen (secondary N) is 1. The van der Waals surface area contributed by atoms with Crippen LogP contribution in [0.2, 0.25) is 0 Å². The van der Waals surface area contributed by atoms with E-state index in [-0.39, 0.29) is 0 Å². The SMILES string of the molecule is CNC(CN(C)c1ccc(Br)cc1)C(=O)O. The monoisotopic (exact) mass is 286 g/mol. The third-order valence-corrected chi connectivity index (χ3v) is 2.90. The number of benzene rings is 1. The molecule has 1 unspecified atom stereocenters. The molecule has 0 saturated carbocycles. The molecule has 1 rings (SSSR count). The van der Waals surface area contributed by atoms with Gasteiger partial charge in [-0.2, -0.15) is 0 Å². The maximum Gasteiger partial charge on any atom is 0.322 e. The number of hydrogen-bond donors (Lipinski definition) is 2. The number of carboxylic acids is 1. The minimum absolute atomic E-state index is 0.424. The van der Waals surface area contributed by atoms with E-state index in [2.05, 4.69) is 21.2 Å². The summed E-state index contributed by atoms with van der Waals surface area (Å²) in [6, 6.07) is 7.19. The summed E-state index contributed by atoms with van der Waals surface area (Å²) in [6.45, 7) is 0.424. The van der Waals surface area contributed by atoms with Crippen molar-refractivity contribution >= 4 is 27.6 Å². The lowest BCUT2D eigenvalue weighted by atomic mass is 10.2. The highest BCUT2D eigenvalue weighted by Gasteiger charge is 2.17. The van der Waals surface area contributed by atoms with E-state index in [1.807, 2.05) is 36.2 Å². The van der Waals surface area contributed by atoms with Gasteiger partial charge in [-0.05, 0) is 31.3 Å². The molecule has 2 N–H and O–H groups in total. The van der Waals surface area contributed by atoms with Crippen molar-refractivity contribution in [1.29, 1.82) is 0 Å². The Labute approximate surface area is 103 Å². The quantitative estimate of drug-likeness (QED) is 0.863. The summed E-state index contributed by atoms with van der Waals surface area (Å²) in [5.41, 5.74) is 0.990. The van der Waals surface area contributed by atoms with Gasteiger partial charge in [0, 0.05) is 23.8 Å². The maximum absolute atomic E-state index is 10.9. The van der Waals surface area contributed by atoms with Crippen molar-refractivity contribution in [2.45, 2.75) is 6.04 Å². The van der Waals surface area contributed by atoms with E-state index in [1.54, 1.807) is 7.05 Å². The van der Waals surface area contributed by atoms with Gasteiger partial charge in [0.1, 0.15) is 6.04 Å². The summed E-state index contributed by atoms with van der Waals surface area (Å²) >= 11 is 3.36. The zero-order valence-corrected chi connectivity index (χ0v) is 10.9. The van der Waals surface area contributed by atoms with Crippen molar-refractivity contribution in [2.75, 3.05) is 25.5 Å². The number of likely N-dealkylation sites (N-methyl/N-ethyl adjacent to an activating group) is 2. The molecule has 16 heavy (non-hydrogen) atoms. The van der Waals surface area contributed by atoms with E-state index >= 15 is 0 Å². The average Bonchev–Trinajstić information content (AvgIpc) is 2.26. The van der Waals surface area contributed by atoms with E-state index in [0.29, 0.717) is 6.54 Å². The van der Waals surface area contributed by atoms with Gasteiger partial charge in [-0.15, -0.1) is 0 Å². The Balaban J connectivity index is 2.67. The predicted octanol–water partition coefficient (Wildman–Crippen LogP) is 1.56. The number of rotatable bonds is 5. The lowest BCUT2D eigenvalue weighted by Gasteiger charge is -2.23. The summed E-state index contributed by atoms with van der Waals surface area (Å²) in [7, 11) is 3.52. The Morgan fingerprint density at radius 3 is 2.50 bits per heavy atom. The normalized spacial score (nSPS) is 12.2. The van der Waals surface area contributed by atoms with E-state index in [9.17, 15) is 4.79 Å². The molecule has 0 aromatic heterocycles. The minimum Gasteiger partial charge on any atom is -0.480 e. The Kier molecular flexibility index (Phi) is 4.76. The van der Waals surface area contributed by atoms with Gasteiger partial charge in [0.2, 0.25) is 0 Å². The summed E-state index contributed by atoms with van der Waals surface area (Å²) in [4.78, 5) is 12.8. The summed E-state index contributed by atoms with van der Waals surface area (Å²) < 4.78 is 1.01. The Morgan fingerprint density at radius 1 is 1.50 bits per heavy atom. The van der Waals surface area contributed by atoms with Crippen LogP contribution in [0.3, 0.4) is 0 Å². The molecule has 1 aromatic carbocycles. The fourth-order valence-electron chi connectivity index (χ4n) is 1.37. The van der Waals surface area contributed by atoms with Crippen molar-refractivity contribution in [3.8, 4) is 0 Å². The second-order valence-corrected chi connectivity index (χ2v) is 4.45. The topological polar surface area (TPSA) is 52.6 Å². The molecule has 4 nitrogen and oxygen atoms in total. The van der Waals surface area contributed by atoms with E-state index in [1.165, 1.54) is 0 Å². The van der Waals surface area contributed by atoms with Crippen LogP contribution in [0.15, 0.2) is 28.7 Å². The van der Waals surface area contributed by atoms with Crippen LogP contribution in [-0.4, -0.2) is 37.8 Å². The minimum atomic E-state index is -0.841. The van der Waals surface area contributed by atoms with Gasteiger partial charge < -0.3 is 15.3 Å². The molecule has 0 saturated heterocycles. The van der Waals surface area contributed by atoms with Crippen molar-refractivity contribution in [3.63, 3.8) is 0 Å². The molecular formula is C11H15BrN2O2. The maximum atomic E-state index is 10.9. The van der Waals surface area contributed by atoms with Crippen molar-refractivity contribution in [2.24, 2.45) is 0 Å². The number of carbonyl (C=O) groups is 1. The fourth-order valence-corrected chi connectivity index (χ4v) is 1.63. The molecule has 1 aromatic rings. The van der Waals surface area contributed by atoms with Crippen molar-refractivity contribution < 1.29 is 9.90 Å². The first-order valence-corrected chi connectivity index (χ1v) is 5.70. The average molecular weight is 287 g/mol. The van der Waals surface area contributed by atoms with Crippen LogP contribution in [0.4, 0.5) is 5.69 Å². The van der Waals surface area contributed by atoms with Crippen LogP contribution in [0, 0.1) is 0 Å². The summed E-state index contributed by atoms with van der Waals surface area (Å²) in [5.74, 6) is -0.841. The number of nitrogens with zero attached hydrogens (tertiary/aromatic N) is 1. The largest absolute Gasteiger partial charge is 0.480 e. The van der Waals surface area contributed by atoms with E-state index in [0.717, 1.165) is 10.2 Å². The van der Waals surface area contributed by atoms with Crippen LogP contribution in [0.1, 0.15) is 0 Å². The lowest BCUT2D eigenvalue weighted by Crippen LogP contribution is -2.43. The van der Waals surface area contributed by atoms with Gasteiger partial charge >= 0.3 is 5.97 Å². The first kappa shape index (κ1) is 13.0. The third-order valence-electron chi connectivity index (χ3n) is 2.37. The number of carboxylic acid groups (broad SMARTS) is 1. The highest BCUT2D eigenvalue weighted by molar-refractivity contribution is 9.10. The number of halogens is 1. The fraction of sp³-hybridized carbons (Fsp3) is 0.364. The Morgan fingerprint density at radius 2 is 2.06 bits per heavy atom. The van der Waals surface area contributed by atoms with Gasteiger partial charge in [0.15, 0.2) is 0 Å². The molecule has 0 aliphatic heterocycles. The van der Waals surface area contributed by atoms with E-state index < -0.39 is 12.0 Å². The summed E-state index contributed by atoms with van der Waals surface area (Å²) in [5, 5.41) is 11.7. The lowest BCUT2D eigenvalue weighted by molar-refractivity contribution is -0.139. The molecule has 0 heterocycles. The van der Waals surface area contributed by atoms with E-state index in [4.69, 9.17) is 5.11 Å². The van der Waals surface area contributed by atoms with Crippen molar-refractivity contribution in [1.82, 2.24) is 5.32 Å². The van der Waals surface area contributed by atoms with Gasteiger partial charge in [-0.1, -0.05) is 15.9 Å². The van der Waals surface area contributed by atoms with Gasteiger partial charge in [0.05, 0.1) is 0 Å². The van der Waals surface area contributed by atoms with Crippen molar-refractivity contribution in [3.05, 3.63) is 28.7 Å². The first-order valence-electron chi connectivity index (χ1n) is 4.91. The molecule has 5 heteroatoms. The molecule has 0 amide bonds. The highest BCUT2D eigenvalue weighted by atomic mass is 79.9. The van der Waals surface area contributed by atoms with Gasteiger partial charge in [-0.25, -0.2) is 0 Å². The zero-order chi connectivity index (χ0) is 12.1. The molecule has 0 spiro atoms. The Bertz CT molecular complexity index is 354. The third kappa shape index (κ3) is 3.50. The first-order chi connectivity index (χ1) is 7.54. The predicted molar refractivity (Wildman–Crippen MR) is 67.9 cm³/mol. The molecule has 0 radical (unpaired) electrons. The van der Waals surface area contributed by atoms with Gasteiger partial charge in [-0.3, -0.25) is 4.79 Å². The molecule has 1 atom stereocenters. The molecule has 0 bridgehead atoms. The second kappa shape index (κ2) is 5.86. The number of aliphatic carboxylic acids is 1. The highest BCUT2D eigenvalue weighted by Crippen LogP contribution is 2.17. The molecular weight excluding hydrogens is 272 g/mol. The van der Waals surface area contributed by atoms with Crippen LogP contribution < -0.4 is 10.2 Å². The number of anilines is 1. The Hall–Kier alpha value is -1.07. The molecule has 88 valence electrons. The number of hydrogen-bond acceptors (Lipinski definition) is 3. The molecule has 0 aliphatic carbocycles. The summed E-state index contributed by atoms with van der Waals surface area (Å²) in [6.07, 6.45) is 0. The second-order valence-electron chi connectivity index (χ2n) is 3.54. The van der Waals surface area contributed by atoms with Crippen LogP contribution >= 0.6 is 15.9 Å². The van der Waals surface area contributed by atoms with Crippen LogP contribution in [0.25, 0.3) is 0 Å². The van der Waals surface area contributed by atoms with Crippen LogP contribution in [-0.2, 0) is 4.79 Å². The molecule has 0 aliphatic rings. The zero-order valence-electron chi connectivity index (χ0n) is 9.27. The standard InChI is InChI=1S/C11H15BrN2O2/c1-13-10(11(15)16)7-14(2)9-5-3-8(12)4-6-9/h3-6,10,13H,7H2,1-2H3,(H,15,16). The van der Waals surface area contributed by atoms with Crippen LogP contribution in [0.5, 0.6) is 0 Å². The van der Waals surface area contributed by atoms with Gasteiger partial charge in [0.25, 0.3) is 0 Å².